The first-order valence-electron chi connectivity index (χ1n) is 9.66. The van der Waals surface area contributed by atoms with Crippen molar-refractivity contribution in [1.82, 2.24) is 10.1 Å². The van der Waals surface area contributed by atoms with Crippen molar-refractivity contribution >= 4 is 5.78 Å². The lowest BCUT2D eigenvalue weighted by Gasteiger charge is -2.10. The number of ether oxygens (including phenoxy) is 3. The molecular weight excluding hydrogens is 415 g/mol. The number of aromatic nitrogens is 2. The van der Waals surface area contributed by atoms with Crippen LogP contribution in [0, 0.1) is 5.82 Å². The van der Waals surface area contributed by atoms with Crippen molar-refractivity contribution in [3.05, 3.63) is 78.1 Å². The lowest BCUT2D eigenvalue weighted by Crippen LogP contribution is -2.13. The molecule has 162 valence electrons. The molecule has 0 amide bonds. The van der Waals surface area contributed by atoms with E-state index in [1.165, 1.54) is 20.3 Å². The monoisotopic (exact) mass is 434 g/mol. The van der Waals surface area contributed by atoms with Crippen LogP contribution >= 0.6 is 0 Å². The summed E-state index contributed by atoms with van der Waals surface area (Å²) in [5, 5.41) is 3.91. The number of carbonyl (C=O) groups excluding carboxylic acids is 1. The summed E-state index contributed by atoms with van der Waals surface area (Å²) in [6.45, 7) is -0.178. The standard InChI is InChI=1S/C24H19FN2O5/c1-29-17-11-12-22(30-2)19(13-17)21(28)14-31-16-9-7-15(8-10-16)23-26-24(32-27-23)18-5-3-4-6-20(18)25/h3-13H,14H2,1-2H3. The van der Waals surface area contributed by atoms with Gasteiger partial charge in [0.1, 0.15) is 23.1 Å². The molecule has 0 saturated heterocycles. The van der Waals surface area contributed by atoms with Gasteiger partial charge < -0.3 is 18.7 Å². The van der Waals surface area contributed by atoms with Gasteiger partial charge in [-0.3, -0.25) is 4.79 Å². The molecule has 0 N–H and O–H groups in total. The number of Topliss-reactive ketones (excluding diaryl/α,β-unsaturated/α-hetero) is 1. The fourth-order valence-corrected chi connectivity index (χ4v) is 3.04. The quantitative estimate of drug-likeness (QED) is 0.368. The van der Waals surface area contributed by atoms with Crippen LogP contribution in [0.4, 0.5) is 4.39 Å². The number of benzene rings is 3. The summed E-state index contributed by atoms with van der Waals surface area (Å²) in [7, 11) is 3.02. The second-order valence-electron chi connectivity index (χ2n) is 6.71. The third-order valence-electron chi connectivity index (χ3n) is 4.72. The maximum Gasteiger partial charge on any atom is 0.261 e. The Balaban J connectivity index is 1.44. The van der Waals surface area contributed by atoms with Crippen molar-refractivity contribution in [1.29, 1.82) is 0 Å². The Morgan fingerprint density at radius 1 is 0.969 bits per heavy atom. The van der Waals surface area contributed by atoms with Gasteiger partial charge in [-0.05, 0) is 54.6 Å². The topological polar surface area (TPSA) is 83.7 Å². The highest BCUT2D eigenvalue weighted by molar-refractivity contribution is 6.00. The first kappa shape index (κ1) is 21.0. The van der Waals surface area contributed by atoms with Crippen LogP contribution in [-0.2, 0) is 0 Å². The van der Waals surface area contributed by atoms with E-state index >= 15 is 0 Å². The van der Waals surface area contributed by atoms with Crippen LogP contribution in [-0.4, -0.2) is 36.8 Å². The molecular formula is C24H19FN2O5. The average Bonchev–Trinajstić information content (AvgIpc) is 3.32. The minimum absolute atomic E-state index is 0.0938. The minimum atomic E-state index is -0.441. The summed E-state index contributed by atoms with van der Waals surface area (Å²) >= 11 is 0. The lowest BCUT2D eigenvalue weighted by atomic mass is 10.1. The van der Waals surface area contributed by atoms with Gasteiger partial charge in [0.25, 0.3) is 5.89 Å². The molecule has 0 bridgehead atoms. The predicted octanol–water partition coefficient (Wildman–Crippen LogP) is 4.82. The molecule has 0 unspecified atom stereocenters. The number of methoxy groups -OCH3 is 2. The molecule has 0 spiro atoms. The molecule has 4 rings (SSSR count). The zero-order valence-electron chi connectivity index (χ0n) is 17.4. The van der Waals surface area contributed by atoms with Gasteiger partial charge >= 0.3 is 0 Å². The summed E-state index contributed by atoms with van der Waals surface area (Å²) in [5.74, 6) is 1.19. The first-order valence-corrected chi connectivity index (χ1v) is 9.66. The van der Waals surface area contributed by atoms with E-state index in [1.54, 1.807) is 60.7 Å². The SMILES string of the molecule is COc1ccc(OC)c(C(=O)COc2ccc(-c3noc(-c4ccccc4F)n3)cc2)c1. The van der Waals surface area contributed by atoms with E-state index in [0.717, 1.165) is 0 Å². The highest BCUT2D eigenvalue weighted by atomic mass is 19.1. The van der Waals surface area contributed by atoms with E-state index in [1.807, 2.05) is 0 Å². The van der Waals surface area contributed by atoms with Gasteiger partial charge in [0.05, 0.1) is 25.3 Å². The van der Waals surface area contributed by atoms with Gasteiger partial charge in [0.15, 0.2) is 6.61 Å². The molecule has 0 saturated carbocycles. The normalized spacial score (nSPS) is 10.6. The molecule has 0 aliphatic rings. The van der Waals surface area contributed by atoms with Crippen LogP contribution in [0.1, 0.15) is 10.4 Å². The van der Waals surface area contributed by atoms with Crippen molar-refractivity contribution in [3.63, 3.8) is 0 Å². The average molecular weight is 434 g/mol. The molecule has 32 heavy (non-hydrogen) atoms. The Morgan fingerprint density at radius 3 is 2.44 bits per heavy atom. The fourth-order valence-electron chi connectivity index (χ4n) is 3.04. The molecule has 4 aromatic rings. The van der Waals surface area contributed by atoms with E-state index in [4.69, 9.17) is 18.7 Å². The van der Waals surface area contributed by atoms with Crippen LogP contribution < -0.4 is 14.2 Å². The van der Waals surface area contributed by atoms with Crippen molar-refractivity contribution in [2.24, 2.45) is 0 Å². The summed E-state index contributed by atoms with van der Waals surface area (Å²) in [5.41, 5.74) is 1.26. The summed E-state index contributed by atoms with van der Waals surface area (Å²) in [6, 6.07) is 18.0. The lowest BCUT2D eigenvalue weighted by molar-refractivity contribution is 0.0918. The fraction of sp³-hybridized carbons (Fsp3) is 0.125. The minimum Gasteiger partial charge on any atom is -0.497 e. The maximum atomic E-state index is 13.9. The van der Waals surface area contributed by atoms with Crippen LogP contribution in [0.3, 0.4) is 0 Å². The van der Waals surface area contributed by atoms with E-state index in [-0.39, 0.29) is 23.8 Å². The maximum absolute atomic E-state index is 13.9. The number of nitrogens with zero attached hydrogens (tertiary/aromatic N) is 2. The summed E-state index contributed by atoms with van der Waals surface area (Å²) in [6.07, 6.45) is 0. The number of rotatable bonds is 8. The third kappa shape index (κ3) is 4.44. The van der Waals surface area contributed by atoms with E-state index < -0.39 is 5.82 Å². The molecule has 7 nitrogen and oxygen atoms in total. The van der Waals surface area contributed by atoms with Crippen molar-refractivity contribution in [3.8, 4) is 40.1 Å². The molecule has 0 aliphatic carbocycles. The van der Waals surface area contributed by atoms with Crippen molar-refractivity contribution < 1.29 is 27.9 Å². The van der Waals surface area contributed by atoms with Crippen molar-refractivity contribution in [2.75, 3.05) is 20.8 Å². The third-order valence-corrected chi connectivity index (χ3v) is 4.72. The Labute approximate surface area is 183 Å². The number of ketones is 1. The molecule has 1 heterocycles. The molecule has 3 aromatic carbocycles. The Hall–Kier alpha value is -4.20. The van der Waals surface area contributed by atoms with Gasteiger partial charge in [0.2, 0.25) is 11.6 Å². The van der Waals surface area contributed by atoms with E-state index in [0.29, 0.717) is 34.2 Å². The summed E-state index contributed by atoms with van der Waals surface area (Å²) < 4.78 is 35.1. The van der Waals surface area contributed by atoms with Gasteiger partial charge in [-0.15, -0.1) is 0 Å². The van der Waals surface area contributed by atoms with Gasteiger partial charge in [-0.1, -0.05) is 17.3 Å². The largest absolute Gasteiger partial charge is 0.497 e. The summed E-state index contributed by atoms with van der Waals surface area (Å²) in [4.78, 5) is 16.8. The highest BCUT2D eigenvalue weighted by Gasteiger charge is 2.16. The molecule has 0 aliphatic heterocycles. The molecule has 1 aromatic heterocycles. The van der Waals surface area contributed by atoms with E-state index in [2.05, 4.69) is 10.1 Å². The van der Waals surface area contributed by atoms with Crippen LogP contribution in [0.2, 0.25) is 0 Å². The van der Waals surface area contributed by atoms with Crippen LogP contribution in [0.25, 0.3) is 22.8 Å². The number of carbonyl (C=O) groups is 1. The molecule has 0 radical (unpaired) electrons. The van der Waals surface area contributed by atoms with Crippen LogP contribution in [0.15, 0.2) is 71.3 Å². The highest BCUT2D eigenvalue weighted by Crippen LogP contribution is 2.27. The Morgan fingerprint density at radius 2 is 1.72 bits per heavy atom. The second-order valence-corrected chi connectivity index (χ2v) is 6.71. The predicted molar refractivity (Wildman–Crippen MR) is 114 cm³/mol. The first-order chi connectivity index (χ1) is 15.6. The molecule has 0 atom stereocenters. The van der Waals surface area contributed by atoms with Gasteiger partial charge in [0, 0.05) is 5.56 Å². The number of hydrogen-bond donors (Lipinski definition) is 0. The van der Waals surface area contributed by atoms with Gasteiger partial charge in [-0.2, -0.15) is 4.98 Å². The Kier molecular flexibility index (Phi) is 6.12. The van der Waals surface area contributed by atoms with E-state index in [9.17, 15) is 9.18 Å². The van der Waals surface area contributed by atoms with Crippen molar-refractivity contribution in [2.45, 2.75) is 0 Å². The van der Waals surface area contributed by atoms with Crippen LogP contribution in [0.5, 0.6) is 17.2 Å². The second kappa shape index (κ2) is 9.30. The molecule has 0 fully saturated rings. The number of hydrogen-bond acceptors (Lipinski definition) is 7. The molecule has 8 heteroatoms. The Bertz CT molecular complexity index is 1240. The zero-order valence-corrected chi connectivity index (χ0v) is 17.4. The zero-order chi connectivity index (χ0) is 22.5. The van der Waals surface area contributed by atoms with Gasteiger partial charge in [-0.25, -0.2) is 4.39 Å². The smallest absolute Gasteiger partial charge is 0.261 e. The number of halogens is 1.